The third-order valence-electron chi connectivity index (χ3n) is 3.38. The lowest BCUT2D eigenvalue weighted by Gasteiger charge is -2.10. The summed E-state index contributed by atoms with van der Waals surface area (Å²) in [5, 5.41) is 23.7. The zero-order valence-electron chi connectivity index (χ0n) is 16.9. The molecule has 0 unspecified atom stereocenters. The summed E-state index contributed by atoms with van der Waals surface area (Å²) in [7, 11) is 4.20. The number of hydrogen-bond acceptors (Lipinski definition) is 7. The van der Waals surface area contributed by atoms with Crippen LogP contribution in [-0.2, 0) is 4.79 Å². The standard InChI is InChI=1S/C16H36N6O2.4ClH/c1-22(2)14-6-12-19-10-4-8-17-7-3-9-18-11-5-13-20-16(23)15-21-24;;;;/h15,17-19,24H,3-14H2,1-2H3,(H,20,23);4*1H. The summed E-state index contributed by atoms with van der Waals surface area (Å²) in [6.45, 7) is 7.81. The summed E-state index contributed by atoms with van der Waals surface area (Å²) in [6, 6.07) is 0. The molecular weight excluding hydrogens is 450 g/mol. The van der Waals surface area contributed by atoms with Crippen molar-refractivity contribution < 1.29 is 10.0 Å². The average Bonchev–Trinajstić information content (AvgIpc) is 2.54. The second-order valence-corrected chi connectivity index (χ2v) is 6.00. The molecule has 0 aliphatic rings. The topological polar surface area (TPSA) is 101 Å². The number of rotatable bonds is 17. The van der Waals surface area contributed by atoms with Gasteiger partial charge < -0.3 is 31.4 Å². The number of carbonyl (C=O) groups is 1. The fourth-order valence-corrected chi connectivity index (χ4v) is 2.10. The molecule has 0 aromatic rings. The van der Waals surface area contributed by atoms with Crippen LogP contribution in [-0.4, -0.2) is 88.7 Å². The second-order valence-electron chi connectivity index (χ2n) is 6.00. The van der Waals surface area contributed by atoms with E-state index in [1.807, 2.05) is 0 Å². The number of hydrogen-bond donors (Lipinski definition) is 5. The lowest BCUT2D eigenvalue weighted by atomic mass is 10.3. The van der Waals surface area contributed by atoms with Crippen LogP contribution >= 0.6 is 49.6 Å². The number of nitrogens with one attached hydrogen (secondary N) is 4. The Kier molecular flexibility index (Phi) is 43.5. The van der Waals surface area contributed by atoms with Crippen LogP contribution in [0.4, 0.5) is 0 Å². The molecule has 174 valence electrons. The summed E-state index contributed by atoms with van der Waals surface area (Å²) >= 11 is 0. The van der Waals surface area contributed by atoms with E-state index >= 15 is 0 Å². The van der Waals surface area contributed by atoms with Crippen molar-refractivity contribution in [3.8, 4) is 0 Å². The quantitative estimate of drug-likeness (QED) is 0.0908. The van der Waals surface area contributed by atoms with Crippen molar-refractivity contribution in [1.82, 2.24) is 26.2 Å². The third kappa shape index (κ3) is 33.5. The third-order valence-corrected chi connectivity index (χ3v) is 3.38. The molecule has 0 aliphatic heterocycles. The van der Waals surface area contributed by atoms with Gasteiger partial charge in [-0.15, -0.1) is 49.6 Å². The Morgan fingerprint density at radius 2 is 1.18 bits per heavy atom. The summed E-state index contributed by atoms with van der Waals surface area (Å²) in [4.78, 5) is 13.2. The number of oxime groups is 1. The highest BCUT2D eigenvalue weighted by Crippen LogP contribution is 1.82. The van der Waals surface area contributed by atoms with Crippen molar-refractivity contribution in [3.63, 3.8) is 0 Å². The molecule has 0 fully saturated rings. The van der Waals surface area contributed by atoms with E-state index < -0.39 is 0 Å². The molecule has 8 nitrogen and oxygen atoms in total. The van der Waals surface area contributed by atoms with Gasteiger partial charge in [0, 0.05) is 6.54 Å². The lowest BCUT2D eigenvalue weighted by molar-refractivity contribution is -0.114. The molecule has 0 saturated carbocycles. The highest BCUT2D eigenvalue weighted by molar-refractivity contribution is 6.25. The summed E-state index contributed by atoms with van der Waals surface area (Å²) in [6.07, 6.45) is 5.17. The minimum atomic E-state index is -0.367. The first kappa shape index (κ1) is 38.5. The molecule has 0 atom stereocenters. The largest absolute Gasteiger partial charge is 0.411 e. The molecule has 0 bridgehead atoms. The molecule has 0 aliphatic carbocycles. The van der Waals surface area contributed by atoms with Gasteiger partial charge in [-0.1, -0.05) is 5.16 Å². The van der Waals surface area contributed by atoms with E-state index in [1.54, 1.807) is 0 Å². The first-order chi connectivity index (χ1) is 11.7. The van der Waals surface area contributed by atoms with Gasteiger partial charge in [0.25, 0.3) is 5.91 Å². The van der Waals surface area contributed by atoms with Crippen molar-refractivity contribution in [2.75, 3.05) is 66.5 Å². The van der Waals surface area contributed by atoms with E-state index in [1.165, 1.54) is 6.42 Å². The number of nitrogens with zero attached hydrogens (tertiary/aromatic N) is 2. The smallest absolute Gasteiger partial charge is 0.265 e. The van der Waals surface area contributed by atoms with Gasteiger partial charge in [-0.3, -0.25) is 4.79 Å². The minimum absolute atomic E-state index is 0. The van der Waals surface area contributed by atoms with Crippen molar-refractivity contribution in [3.05, 3.63) is 0 Å². The maximum Gasteiger partial charge on any atom is 0.265 e. The predicted octanol–water partition coefficient (Wildman–Crippen LogP) is 1.14. The maximum absolute atomic E-state index is 10.9. The van der Waals surface area contributed by atoms with Crippen molar-refractivity contribution >= 4 is 61.7 Å². The van der Waals surface area contributed by atoms with Gasteiger partial charge in [0.1, 0.15) is 6.21 Å². The van der Waals surface area contributed by atoms with Crippen molar-refractivity contribution in [2.45, 2.75) is 25.7 Å². The molecule has 0 radical (unpaired) electrons. The summed E-state index contributed by atoms with van der Waals surface area (Å²) in [5.41, 5.74) is 0. The number of halogens is 4. The van der Waals surface area contributed by atoms with Crippen LogP contribution < -0.4 is 21.3 Å². The van der Waals surface area contributed by atoms with Gasteiger partial charge in [0.2, 0.25) is 0 Å². The van der Waals surface area contributed by atoms with E-state index in [2.05, 4.69) is 45.4 Å². The van der Waals surface area contributed by atoms with E-state index in [4.69, 9.17) is 5.21 Å². The SMILES string of the molecule is CN(C)CCCNCCCNCCCNCCCNC(=O)C=NO.Cl.Cl.Cl.Cl. The predicted molar refractivity (Wildman–Crippen MR) is 128 cm³/mol. The van der Waals surface area contributed by atoms with Crippen LogP contribution in [0.2, 0.25) is 0 Å². The fraction of sp³-hybridized carbons (Fsp3) is 0.875. The van der Waals surface area contributed by atoms with Crippen molar-refractivity contribution in [1.29, 1.82) is 0 Å². The van der Waals surface area contributed by atoms with Crippen LogP contribution in [0.1, 0.15) is 25.7 Å². The average molecular weight is 490 g/mol. The first-order valence-electron chi connectivity index (χ1n) is 8.89. The van der Waals surface area contributed by atoms with Gasteiger partial charge in [-0.2, -0.15) is 0 Å². The molecular formula is C16H40Cl4N6O2. The molecule has 1 amide bonds. The van der Waals surface area contributed by atoms with Crippen LogP contribution in [0.15, 0.2) is 5.16 Å². The Balaban J connectivity index is -0.000000441. The molecule has 0 aromatic carbocycles. The van der Waals surface area contributed by atoms with Gasteiger partial charge in [0.05, 0.1) is 0 Å². The Morgan fingerprint density at radius 3 is 1.57 bits per heavy atom. The Labute approximate surface area is 195 Å². The van der Waals surface area contributed by atoms with Gasteiger partial charge >= 0.3 is 0 Å². The molecule has 28 heavy (non-hydrogen) atoms. The number of amides is 1. The summed E-state index contributed by atoms with van der Waals surface area (Å²) < 4.78 is 0. The molecule has 12 heteroatoms. The van der Waals surface area contributed by atoms with Crippen molar-refractivity contribution in [2.24, 2.45) is 5.16 Å². The monoisotopic (exact) mass is 488 g/mol. The second kappa shape index (κ2) is 31.6. The molecule has 0 aromatic heterocycles. The Hall–Kier alpha value is -0.0600. The van der Waals surface area contributed by atoms with Gasteiger partial charge in [0.15, 0.2) is 0 Å². The number of carbonyl (C=O) groups excluding carboxylic acids is 1. The first-order valence-corrected chi connectivity index (χ1v) is 8.89. The van der Waals surface area contributed by atoms with Gasteiger partial charge in [-0.25, -0.2) is 0 Å². The maximum atomic E-state index is 10.9. The fourth-order valence-electron chi connectivity index (χ4n) is 2.10. The Morgan fingerprint density at radius 1 is 0.786 bits per heavy atom. The molecule has 0 heterocycles. The lowest BCUT2D eigenvalue weighted by Crippen LogP contribution is -2.29. The molecule has 0 saturated heterocycles. The van der Waals surface area contributed by atoms with E-state index in [0.29, 0.717) is 6.54 Å². The van der Waals surface area contributed by atoms with Gasteiger partial charge in [-0.05, 0) is 85.6 Å². The molecule has 0 spiro atoms. The zero-order valence-corrected chi connectivity index (χ0v) is 20.2. The normalized spacial score (nSPS) is 9.82. The van der Waals surface area contributed by atoms with Crippen LogP contribution in [0, 0.1) is 0 Å². The van der Waals surface area contributed by atoms with Crippen LogP contribution in [0.3, 0.4) is 0 Å². The highest BCUT2D eigenvalue weighted by Gasteiger charge is 1.95. The Bertz CT molecular complexity index is 330. The minimum Gasteiger partial charge on any atom is -0.411 e. The summed E-state index contributed by atoms with van der Waals surface area (Å²) in [5.74, 6) is -0.367. The highest BCUT2D eigenvalue weighted by atomic mass is 35.5. The van der Waals surface area contributed by atoms with Crippen LogP contribution in [0.25, 0.3) is 0 Å². The van der Waals surface area contributed by atoms with Crippen LogP contribution in [0.5, 0.6) is 0 Å². The molecule has 5 N–H and O–H groups in total. The zero-order chi connectivity index (χ0) is 17.9. The molecule has 0 rings (SSSR count). The van der Waals surface area contributed by atoms with E-state index in [-0.39, 0.29) is 55.5 Å². The van der Waals surface area contributed by atoms with E-state index in [0.717, 1.165) is 71.3 Å². The van der Waals surface area contributed by atoms with E-state index in [9.17, 15) is 4.79 Å².